The lowest BCUT2D eigenvalue weighted by Crippen LogP contribution is -2.20. The van der Waals surface area contributed by atoms with Crippen molar-refractivity contribution in [2.75, 3.05) is 6.61 Å². The van der Waals surface area contributed by atoms with Crippen LogP contribution in [0.2, 0.25) is 0 Å². The second-order valence-electron chi connectivity index (χ2n) is 4.51. The second kappa shape index (κ2) is 2.84. The first-order valence-corrected chi connectivity index (χ1v) is 5.53. The smallest absolute Gasteiger partial charge is 0.313 e. The van der Waals surface area contributed by atoms with Gasteiger partial charge in [-0.15, -0.1) is 0 Å². The van der Waals surface area contributed by atoms with Gasteiger partial charge in [0.2, 0.25) is 0 Å². The van der Waals surface area contributed by atoms with Crippen LogP contribution in [0.15, 0.2) is 24.3 Å². The summed E-state index contributed by atoms with van der Waals surface area (Å²) in [7, 11) is 0. The first-order valence-electron chi connectivity index (χ1n) is 5.53. The fraction of sp³-hybridized carbons (Fsp3) is 0.462. The van der Waals surface area contributed by atoms with Crippen LogP contribution in [0.3, 0.4) is 0 Å². The molecule has 2 aliphatic rings. The Morgan fingerprint density at radius 2 is 2.33 bits per heavy atom. The van der Waals surface area contributed by atoms with Crippen molar-refractivity contribution >= 4 is 5.97 Å². The molecule has 78 valence electrons. The van der Waals surface area contributed by atoms with Gasteiger partial charge in [-0.25, -0.2) is 0 Å². The average molecular weight is 202 g/mol. The zero-order valence-electron chi connectivity index (χ0n) is 8.82. The number of ether oxygens (including phenoxy) is 1. The molecule has 1 fully saturated rings. The van der Waals surface area contributed by atoms with Crippen LogP contribution in [0.25, 0.3) is 0 Å². The fourth-order valence-corrected chi connectivity index (χ4v) is 2.86. The number of hydrogen-bond acceptors (Lipinski definition) is 2. The van der Waals surface area contributed by atoms with Crippen molar-refractivity contribution in [2.24, 2.45) is 5.41 Å². The Morgan fingerprint density at radius 3 is 3.07 bits per heavy atom. The summed E-state index contributed by atoms with van der Waals surface area (Å²) in [5.41, 5.74) is 2.52. The van der Waals surface area contributed by atoms with Gasteiger partial charge in [-0.1, -0.05) is 24.3 Å². The van der Waals surface area contributed by atoms with Crippen LogP contribution in [-0.2, 0) is 16.0 Å². The van der Waals surface area contributed by atoms with E-state index in [0.717, 1.165) is 12.8 Å². The van der Waals surface area contributed by atoms with Gasteiger partial charge in [0, 0.05) is 5.92 Å². The predicted octanol–water partition coefficient (Wildman–Crippen LogP) is 2.28. The first-order chi connectivity index (χ1) is 7.28. The number of rotatable bonds is 2. The highest BCUT2D eigenvalue weighted by Crippen LogP contribution is 2.67. The highest BCUT2D eigenvalue weighted by atomic mass is 16.5. The highest BCUT2D eigenvalue weighted by molar-refractivity contribution is 5.84. The Labute approximate surface area is 89.2 Å². The van der Waals surface area contributed by atoms with E-state index in [1.807, 2.05) is 13.0 Å². The Balaban J connectivity index is 1.90. The van der Waals surface area contributed by atoms with Crippen molar-refractivity contribution in [3.8, 4) is 0 Å². The zero-order valence-corrected chi connectivity index (χ0v) is 8.82. The number of carbonyl (C=O) groups is 1. The van der Waals surface area contributed by atoms with Crippen molar-refractivity contribution in [1.82, 2.24) is 0 Å². The maximum Gasteiger partial charge on any atom is 0.313 e. The molecule has 1 saturated carbocycles. The summed E-state index contributed by atoms with van der Waals surface area (Å²) in [6, 6.07) is 8.37. The monoisotopic (exact) mass is 202 g/mol. The second-order valence-corrected chi connectivity index (χ2v) is 4.51. The van der Waals surface area contributed by atoms with Crippen molar-refractivity contribution < 1.29 is 9.53 Å². The van der Waals surface area contributed by atoms with Crippen molar-refractivity contribution in [3.63, 3.8) is 0 Å². The van der Waals surface area contributed by atoms with Crippen LogP contribution in [-0.4, -0.2) is 12.6 Å². The van der Waals surface area contributed by atoms with E-state index < -0.39 is 0 Å². The van der Waals surface area contributed by atoms with E-state index in [1.165, 1.54) is 11.1 Å². The molecular weight excluding hydrogens is 188 g/mol. The molecule has 0 aromatic heterocycles. The lowest BCUT2D eigenvalue weighted by atomic mass is 10.0. The SMILES string of the molecule is CCOC(=O)[C@]12Cc3ccccc3[C@@H]1C2. The minimum atomic E-state index is -0.181. The van der Waals surface area contributed by atoms with E-state index in [1.54, 1.807) is 0 Å². The highest BCUT2D eigenvalue weighted by Gasteiger charge is 2.65. The molecule has 2 nitrogen and oxygen atoms in total. The van der Waals surface area contributed by atoms with Gasteiger partial charge < -0.3 is 4.74 Å². The molecule has 0 unspecified atom stereocenters. The van der Waals surface area contributed by atoms with E-state index >= 15 is 0 Å². The lowest BCUT2D eigenvalue weighted by molar-refractivity contribution is -0.149. The fourth-order valence-electron chi connectivity index (χ4n) is 2.86. The third kappa shape index (κ3) is 1.08. The Bertz CT molecular complexity index is 424. The predicted molar refractivity (Wildman–Crippen MR) is 56.6 cm³/mol. The molecule has 0 bridgehead atoms. The lowest BCUT2D eigenvalue weighted by Gasteiger charge is -2.10. The number of hydrogen-bond donors (Lipinski definition) is 0. The van der Waals surface area contributed by atoms with Gasteiger partial charge in [-0.2, -0.15) is 0 Å². The van der Waals surface area contributed by atoms with Crippen molar-refractivity contribution in [3.05, 3.63) is 35.4 Å². The molecule has 0 aliphatic heterocycles. The molecule has 2 atom stereocenters. The van der Waals surface area contributed by atoms with Gasteiger partial charge in [0.05, 0.1) is 12.0 Å². The molecule has 2 heteroatoms. The van der Waals surface area contributed by atoms with Crippen LogP contribution in [0, 0.1) is 5.41 Å². The van der Waals surface area contributed by atoms with Crippen LogP contribution >= 0.6 is 0 Å². The average Bonchev–Trinajstić information content (AvgIpc) is 2.88. The number of esters is 1. The third-order valence-corrected chi connectivity index (χ3v) is 3.69. The topological polar surface area (TPSA) is 26.3 Å². The molecule has 1 aromatic carbocycles. The molecule has 0 N–H and O–H groups in total. The standard InChI is InChI=1S/C13H14O2/c1-2-15-12(14)13-7-9-5-3-4-6-10(9)11(13)8-13/h3-6,11H,2,7-8H2,1H3/t11-,13-/m0/s1. The molecule has 0 spiro atoms. The van der Waals surface area contributed by atoms with Crippen LogP contribution in [0.4, 0.5) is 0 Å². The van der Waals surface area contributed by atoms with Gasteiger partial charge in [0.25, 0.3) is 0 Å². The minimum absolute atomic E-state index is 0.00574. The molecule has 2 aliphatic carbocycles. The van der Waals surface area contributed by atoms with Gasteiger partial charge in [-0.05, 0) is 30.9 Å². The zero-order chi connectivity index (χ0) is 10.5. The Morgan fingerprint density at radius 1 is 1.53 bits per heavy atom. The molecule has 3 rings (SSSR count). The molecule has 15 heavy (non-hydrogen) atoms. The van der Waals surface area contributed by atoms with E-state index in [0.29, 0.717) is 12.5 Å². The largest absolute Gasteiger partial charge is 0.466 e. The Hall–Kier alpha value is -1.31. The minimum Gasteiger partial charge on any atom is -0.466 e. The van der Waals surface area contributed by atoms with Crippen LogP contribution in [0.1, 0.15) is 30.4 Å². The summed E-state index contributed by atoms with van der Waals surface area (Å²) in [6.45, 7) is 2.36. The van der Waals surface area contributed by atoms with Gasteiger partial charge in [0.15, 0.2) is 0 Å². The van der Waals surface area contributed by atoms with Crippen LogP contribution < -0.4 is 0 Å². The molecule has 0 heterocycles. The normalized spacial score (nSPS) is 30.6. The Kier molecular flexibility index (Phi) is 1.70. The summed E-state index contributed by atoms with van der Waals surface area (Å²) in [6.07, 6.45) is 1.87. The van der Waals surface area contributed by atoms with E-state index in [9.17, 15) is 4.79 Å². The molecular formula is C13H14O2. The summed E-state index contributed by atoms with van der Waals surface area (Å²) in [5, 5.41) is 0. The van der Waals surface area contributed by atoms with E-state index in [-0.39, 0.29) is 11.4 Å². The third-order valence-electron chi connectivity index (χ3n) is 3.69. The summed E-state index contributed by atoms with van der Waals surface area (Å²) < 4.78 is 5.16. The van der Waals surface area contributed by atoms with E-state index in [2.05, 4.69) is 18.2 Å². The number of carbonyl (C=O) groups excluding carboxylic acids is 1. The van der Waals surface area contributed by atoms with Gasteiger partial charge >= 0.3 is 5.97 Å². The maximum atomic E-state index is 11.9. The van der Waals surface area contributed by atoms with Crippen molar-refractivity contribution in [2.45, 2.75) is 25.7 Å². The number of benzene rings is 1. The van der Waals surface area contributed by atoms with Gasteiger partial charge in [-0.3, -0.25) is 4.79 Å². The van der Waals surface area contributed by atoms with Crippen molar-refractivity contribution in [1.29, 1.82) is 0 Å². The summed E-state index contributed by atoms with van der Waals surface area (Å²) in [4.78, 5) is 11.9. The maximum absolute atomic E-state index is 11.9. The van der Waals surface area contributed by atoms with Crippen LogP contribution in [0.5, 0.6) is 0 Å². The molecule has 0 radical (unpaired) electrons. The molecule has 0 amide bonds. The summed E-state index contributed by atoms with van der Waals surface area (Å²) in [5.74, 6) is 0.443. The van der Waals surface area contributed by atoms with E-state index in [4.69, 9.17) is 4.74 Å². The first kappa shape index (κ1) is 8.96. The van der Waals surface area contributed by atoms with Gasteiger partial charge in [0.1, 0.15) is 0 Å². The molecule has 0 saturated heterocycles. The molecule has 1 aromatic rings. The number of fused-ring (bicyclic) bond motifs is 3. The quantitative estimate of drug-likeness (QED) is 0.688. The summed E-state index contributed by atoms with van der Waals surface area (Å²) >= 11 is 0.